The predicted molar refractivity (Wildman–Crippen MR) is 75.2 cm³/mol. The minimum absolute atomic E-state index is 0.0233. The fraction of sp³-hybridized carbons (Fsp3) is 0.455. The summed E-state index contributed by atoms with van der Waals surface area (Å²) >= 11 is 0. The van der Waals surface area contributed by atoms with Crippen molar-refractivity contribution in [3.63, 3.8) is 0 Å². The first-order valence-corrected chi connectivity index (χ1v) is 6.52. The minimum Gasteiger partial charge on any atom is -0.378 e. The molecule has 2 aromatic rings. The van der Waals surface area contributed by atoms with Crippen LogP contribution < -0.4 is 11.2 Å². The van der Waals surface area contributed by atoms with Gasteiger partial charge in [0.1, 0.15) is 5.69 Å². The number of ether oxygens (including phenoxy) is 1. The summed E-state index contributed by atoms with van der Waals surface area (Å²) in [5.74, 6) is -0.357. The lowest BCUT2D eigenvalue weighted by Gasteiger charge is -2.03. The minimum atomic E-state index is -0.513. The van der Waals surface area contributed by atoms with Crippen molar-refractivity contribution < 1.29 is 14.2 Å². The van der Waals surface area contributed by atoms with Crippen molar-refractivity contribution in [3.8, 4) is 5.82 Å². The van der Waals surface area contributed by atoms with E-state index in [-0.39, 0.29) is 23.9 Å². The van der Waals surface area contributed by atoms with Crippen LogP contribution in [0.2, 0.25) is 0 Å². The number of nitrogen functional groups attached to an aromatic ring is 1. The van der Waals surface area contributed by atoms with Crippen molar-refractivity contribution in [1.29, 1.82) is 0 Å². The van der Waals surface area contributed by atoms with Crippen molar-refractivity contribution in [2.75, 3.05) is 12.8 Å². The van der Waals surface area contributed by atoms with E-state index in [0.29, 0.717) is 5.69 Å². The molecule has 0 unspecified atom stereocenters. The molecule has 0 atom stereocenters. The largest absolute Gasteiger partial charge is 0.378 e. The van der Waals surface area contributed by atoms with Crippen LogP contribution in [0, 0.1) is 0 Å². The molecule has 0 aliphatic carbocycles. The molecule has 0 saturated heterocycles. The second-order valence-electron chi connectivity index (χ2n) is 4.24. The highest BCUT2D eigenvalue weighted by molar-refractivity contribution is 5.93. The number of methoxy groups -OCH3 is 1. The molecule has 0 bridgehead atoms. The quantitative estimate of drug-likeness (QED) is 0.532. The third-order valence-corrected chi connectivity index (χ3v) is 2.63. The van der Waals surface area contributed by atoms with Gasteiger partial charge in [0.05, 0.1) is 6.61 Å². The monoisotopic (exact) mass is 308 g/mol. The van der Waals surface area contributed by atoms with Crippen molar-refractivity contribution in [1.82, 2.24) is 30.7 Å². The van der Waals surface area contributed by atoms with Gasteiger partial charge in [-0.3, -0.25) is 4.79 Å². The zero-order valence-corrected chi connectivity index (χ0v) is 12.2. The summed E-state index contributed by atoms with van der Waals surface area (Å²) in [7, 11) is 1.48. The molecular formula is C11H16N8O3. The number of hydrazone groups is 1. The smallest absolute Gasteiger partial charge is 0.293 e. The summed E-state index contributed by atoms with van der Waals surface area (Å²) < 4.78 is 10.8. The van der Waals surface area contributed by atoms with Gasteiger partial charge in [0.2, 0.25) is 11.6 Å². The van der Waals surface area contributed by atoms with Gasteiger partial charge in [0.25, 0.3) is 5.91 Å². The molecule has 11 nitrogen and oxygen atoms in total. The first-order valence-electron chi connectivity index (χ1n) is 6.52. The second-order valence-corrected chi connectivity index (χ2v) is 4.24. The van der Waals surface area contributed by atoms with Gasteiger partial charge in [0.15, 0.2) is 5.69 Å². The molecule has 22 heavy (non-hydrogen) atoms. The van der Waals surface area contributed by atoms with Gasteiger partial charge in [-0.15, -0.1) is 5.10 Å². The number of rotatable bonds is 7. The van der Waals surface area contributed by atoms with E-state index in [9.17, 15) is 4.79 Å². The molecule has 118 valence electrons. The first kappa shape index (κ1) is 15.6. The summed E-state index contributed by atoms with van der Waals surface area (Å²) in [4.78, 5) is 12.1. The molecule has 0 spiro atoms. The van der Waals surface area contributed by atoms with E-state index >= 15 is 0 Å². The third-order valence-electron chi connectivity index (χ3n) is 2.63. The van der Waals surface area contributed by atoms with Crippen LogP contribution in [0.15, 0.2) is 9.73 Å². The van der Waals surface area contributed by atoms with Crippen molar-refractivity contribution in [3.05, 3.63) is 11.4 Å². The number of nitrogens with one attached hydrogen (secondary N) is 1. The number of carbonyl (C=O) groups excluding carboxylic acids is 1. The van der Waals surface area contributed by atoms with E-state index in [1.165, 1.54) is 11.8 Å². The van der Waals surface area contributed by atoms with Crippen LogP contribution in [0.3, 0.4) is 0 Å². The maximum Gasteiger partial charge on any atom is 0.293 e. The molecule has 0 aliphatic heterocycles. The Morgan fingerprint density at radius 1 is 1.55 bits per heavy atom. The molecule has 0 aromatic carbocycles. The van der Waals surface area contributed by atoms with E-state index in [1.807, 2.05) is 6.92 Å². The highest BCUT2D eigenvalue weighted by Crippen LogP contribution is 2.16. The normalized spacial score (nSPS) is 11.2. The van der Waals surface area contributed by atoms with E-state index in [4.69, 9.17) is 10.5 Å². The molecular weight excluding hydrogens is 292 g/mol. The van der Waals surface area contributed by atoms with Gasteiger partial charge < -0.3 is 10.5 Å². The summed E-state index contributed by atoms with van der Waals surface area (Å²) in [6, 6.07) is 0. The number of nitrogens with zero attached hydrogens (tertiary/aromatic N) is 6. The van der Waals surface area contributed by atoms with E-state index in [1.54, 1.807) is 6.21 Å². The van der Waals surface area contributed by atoms with Crippen molar-refractivity contribution in [2.24, 2.45) is 5.10 Å². The van der Waals surface area contributed by atoms with E-state index in [2.05, 4.69) is 35.8 Å². The molecule has 1 amide bonds. The third kappa shape index (κ3) is 3.25. The predicted octanol–water partition coefficient (Wildman–Crippen LogP) is -0.105. The van der Waals surface area contributed by atoms with Gasteiger partial charge in [-0.2, -0.15) is 9.78 Å². The first-order chi connectivity index (χ1) is 10.7. The number of amides is 1. The van der Waals surface area contributed by atoms with Crippen LogP contribution in [0.25, 0.3) is 5.82 Å². The van der Waals surface area contributed by atoms with Crippen LogP contribution in [0.5, 0.6) is 0 Å². The number of hydrogen-bond acceptors (Lipinski definition) is 9. The zero-order valence-electron chi connectivity index (χ0n) is 12.2. The molecule has 2 heterocycles. The zero-order chi connectivity index (χ0) is 15.9. The summed E-state index contributed by atoms with van der Waals surface area (Å²) in [5.41, 5.74) is 8.40. The molecule has 0 fully saturated rings. The average molecular weight is 308 g/mol. The Morgan fingerprint density at radius 3 is 3.00 bits per heavy atom. The molecule has 2 rings (SSSR count). The Bertz CT molecular complexity index is 662. The molecule has 11 heteroatoms. The van der Waals surface area contributed by atoms with Gasteiger partial charge in [-0.25, -0.2) is 10.1 Å². The van der Waals surface area contributed by atoms with Crippen LogP contribution in [0.1, 0.15) is 35.9 Å². The Kier molecular flexibility index (Phi) is 5.14. The van der Waals surface area contributed by atoms with Crippen LogP contribution in [0.4, 0.5) is 5.82 Å². The fourth-order valence-electron chi connectivity index (χ4n) is 1.60. The summed E-state index contributed by atoms with van der Waals surface area (Å²) in [6.45, 7) is 2.08. The average Bonchev–Trinajstić information content (AvgIpc) is 3.10. The topological polar surface area (TPSA) is 146 Å². The van der Waals surface area contributed by atoms with Crippen LogP contribution >= 0.6 is 0 Å². The number of unbranched alkanes of at least 4 members (excludes halogenated alkanes) is 1. The lowest BCUT2D eigenvalue weighted by molar-refractivity contribution is 0.0944. The number of carbonyl (C=O) groups is 1. The molecule has 0 aliphatic rings. The highest BCUT2D eigenvalue weighted by atomic mass is 16.6. The Labute approximate surface area is 125 Å². The lowest BCUT2D eigenvalue weighted by Crippen LogP contribution is -2.20. The Balaban J connectivity index is 2.27. The maximum absolute atomic E-state index is 12.1. The number of hydrogen-bond donors (Lipinski definition) is 2. The van der Waals surface area contributed by atoms with E-state index in [0.717, 1.165) is 12.8 Å². The molecule has 0 radical (unpaired) electrons. The van der Waals surface area contributed by atoms with Crippen molar-refractivity contribution >= 4 is 17.9 Å². The number of aromatic nitrogens is 5. The Morgan fingerprint density at radius 2 is 2.36 bits per heavy atom. The summed E-state index contributed by atoms with van der Waals surface area (Å²) in [5, 5.41) is 18.5. The van der Waals surface area contributed by atoms with Gasteiger partial charge in [0, 0.05) is 13.3 Å². The lowest BCUT2D eigenvalue weighted by atomic mass is 10.3. The fourth-order valence-corrected chi connectivity index (χ4v) is 1.60. The SMILES string of the molecule is CCC/C=N\NC(=O)c1nnn(-c2nonc2N)c1COC. The van der Waals surface area contributed by atoms with Gasteiger partial charge in [-0.05, 0) is 16.7 Å². The number of anilines is 1. The van der Waals surface area contributed by atoms with Gasteiger partial charge >= 0.3 is 0 Å². The van der Waals surface area contributed by atoms with Crippen LogP contribution in [-0.2, 0) is 11.3 Å². The van der Waals surface area contributed by atoms with Gasteiger partial charge in [-0.1, -0.05) is 18.6 Å². The summed E-state index contributed by atoms with van der Waals surface area (Å²) in [6.07, 6.45) is 3.31. The van der Waals surface area contributed by atoms with E-state index < -0.39 is 5.91 Å². The highest BCUT2D eigenvalue weighted by Gasteiger charge is 2.23. The Hall–Kier alpha value is -2.82. The molecule has 3 N–H and O–H groups in total. The number of nitrogens with two attached hydrogens (primary N) is 1. The second kappa shape index (κ2) is 7.26. The molecule has 0 saturated carbocycles. The van der Waals surface area contributed by atoms with Crippen LogP contribution in [-0.4, -0.2) is 44.5 Å². The van der Waals surface area contributed by atoms with Crippen molar-refractivity contribution in [2.45, 2.75) is 26.4 Å². The molecule has 2 aromatic heterocycles. The standard InChI is InChI=1S/C11H16N8O3/c1-3-4-5-13-15-11(20)8-7(6-21-2)19(18-14-8)10-9(12)16-22-17-10/h5H,3-4,6H2,1-2H3,(H2,12,16)(H,15,20)/b13-5-. The maximum atomic E-state index is 12.1.